The molecular weight excluding hydrogens is 385 g/mol. The first-order chi connectivity index (χ1) is 9.47. The van der Waals surface area contributed by atoms with Crippen molar-refractivity contribution in [2.45, 2.75) is 24.6 Å². The molecule has 0 saturated heterocycles. The average molecular weight is 399 g/mol. The Morgan fingerprint density at radius 2 is 1.95 bits per heavy atom. The summed E-state index contributed by atoms with van der Waals surface area (Å²) in [5.74, 6) is -0.201. The second kappa shape index (κ2) is 6.58. The number of rotatable bonds is 4. The number of nitrogens with zero attached hydrogens (tertiary/aromatic N) is 1. The molecule has 0 unspecified atom stereocenters. The summed E-state index contributed by atoms with van der Waals surface area (Å²) >= 11 is 3.73. The predicted molar refractivity (Wildman–Crippen MR) is 89.4 cm³/mol. The predicted octanol–water partition coefficient (Wildman–Crippen LogP) is 4.29. The van der Waals surface area contributed by atoms with Gasteiger partial charge in [0.25, 0.3) is 0 Å². The molecule has 1 heterocycles. The van der Waals surface area contributed by atoms with Gasteiger partial charge in [0.05, 0.1) is 5.56 Å². The van der Waals surface area contributed by atoms with Crippen LogP contribution in [0.4, 0.5) is 0 Å². The summed E-state index contributed by atoms with van der Waals surface area (Å²) in [6, 6.07) is 10.0. The Kier molecular flexibility index (Phi) is 5.04. The van der Waals surface area contributed by atoms with Crippen molar-refractivity contribution in [3.05, 3.63) is 56.3 Å². The minimum Gasteiger partial charge on any atom is -0.478 e. The van der Waals surface area contributed by atoms with Crippen molar-refractivity contribution in [2.24, 2.45) is 0 Å². The highest BCUT2D eigenvalue weighted by molar-refractivity contribution is 14.1. The van der Waals surface area contributed by atoms with E-state index in [0.29, 0.717) is 16.3 Å². The number of pyridine rings is 1. The molecule has 0 saturated carbocycles. The molecule has 2 rings (SSSR count). The fourth-order valence-corrected chi connectivity index (χ4v) is 3.36. The third kappa shape index (κ3) is 3.73. The van der Waals surface area contributed by atoms with Gasteiger partial charge in [-0.3, -0.25) is 0 Å². The maximum absolute atomic E-state index is 11.4. The Bertz CT molecular complexity index is 641. The molecule has 20 heavy (non-hydrogen) atoms. The molecule has 0 fully saturated rings. The molecule has 3 nitrogen and oxygen atoms in total. The van der Waals surface area contributed by atoms with Crippen LogP contribution in [0.5, 0.6) is 0 Å². The molecule has 0 aliphatic rings. The van der Waals surface area contributed by atoms with Gasteiger partial charge in [0.2, 0.25) is 0 Å². The van der Waals surface area contributed by atoms with E-state index in [1.807, 2.05) is 26.0 Å². The topological polar surface area (TPSA) is 50.2 Å². The number of carboxylic acid groups (broad SMARTS) is 1. The Morgan fingerprint density at radius 3 is 2.55 bits per heavy atom. The van der Waals surface area contributed by atoms with Crippen molar-refractivity contribution in [1.82, 2.24) is 4.98 Å². The molecule has 0 amide bonds. The van der Waals surface area contributed by atoms with Crippen LogP contribution in [0.2, 0.25) is 0 Å². The summed E-state index contributed by atoms with van der Waals surface area (Å²) in [6.45, 7) is 3.70. The lowest BCUT2D eigenvalue weighted by Crippen LogP contribution is -2.05. The molecule has 1 N–H and O–H groups in total. The standard InChI is InChI=1S/C15H14INO2S/c1-9-7-10(2)17-14(13(9)15(18)19)20-8-11-3-5-12(16)6-4-11/h3-7H,8H2,1-2H3,(H,18,19). The number of benzene rings is 1. The van der Waals surface area contributed by atoms with E-state index in [1.54, 1.807) is 6.07 Å². The van der Waals surface area contributed by atoms with Crippen LogP contribution in [-0.2, 0) is 5.75 Å². The number of carbonyl (C=O) groups is 1. The first kappa shape index (κ1) is 15.3. The molecule has 2 aromatic rings. The summed E-state index contributed by atoms with van der Waals surface area (Å²) in [6.07, 6.45) is 0. The van der Waals surface area contributed by atoms with Gasteiger partial charge in [0.15, 0.2) is 0 Å². The molecule has 0 bridgehead atoms. The van der Waals surface area contributed by atoms with E-state index in [2.05, 4.69) is 39.7 Å². The van der Waals surface area contributed by atoms with Crippen LogP contribution >= 0.6 is 34.4 Å². The third-order valence-electron chi connectivity index (χ3n) is 2.81. The Morgan fingerprint density at radius 1 is 1.30 bits per heavy atom. The van der Waals surface area contributed by atoms with E-state index in [-0.39, 0.29) is 0 Å². The van der Waals surface area contributed by atoms with Crippen molar-refractivity contribution < 1.29 is 9.90 Å². The third-order valence-corrected chi connectivity index (χ3v) is 4.58. The zero-order chi connectivity index (χ0) is 14.7. The van der Waals surface area contributed by atoms with E-state index in [0.717, 1.165) is 16.8 Å². The average Bonchev–Trinajstić information content (AvgIpc) is 2.36. The number of aryl methyl sites for hydroxylation is 2. The van der Waals surface area contributed by atoms with Crippen LogP contribution < -0.4 is 0 Å². The number of thioether (sulfide) groups is 1. The molecular formula is C15H14INO2S. The smallest absolute Gasteiger partial charge is 0.338 e. The van der Waals surface area contributed by atoms with Crippen molar-refractivity contribution in [3.63, 3.8) is 0 Å². The summed E-state index contributed by atoms with van der Waals surface area (Å²) < 4.78 is 1.19. The van der Waals surface area contributed by atoms with Gasteiger partial charge in [-0.15, -0.1) is 11.8 Å². The molecule has 104 valence electrons. The molecule has 1 aromatic carbocycles. The monoisotopic (exact) mass is 399 g/mol. The van der Waals surface area contributed by atoms with Crippen molar-refractivity contribution in [2.75, 3.05) is 0 Å². The molecule has 0 aliphatic carbocycles. The lowest BCUT2D eigenvalue weighted by molar-refractivity contribution is 0.0691. The normalized spacial score (nSPS) is 10.6. The maximum atomic E-state index is 11.4. The fourth-order valence-electron chi connectivity index (χ4n) is 1.90. The van der Waals surface area contributed by atoms with Crippen LogP contribution in [0.15, 0.2) is 35.4 Å². The van der Waals surface area contributed by atoms with E-state index >= 15 is 0 Å². The van der Waals surface area contributed by atoms with Gasteiger partial charge in [-0.25, -0.2) is 9.78 Å². The molecule has 1 aromatic heterocycles. The van der Waals surface area contributed by atoms with Crippen LogP contribution in [0.3, 0.4) is 0 Å². The summed E-state index contributed by atoms with van der Waals surface area (Å²) in [5, 5.41) is 9.91. The number of carboxylic acids is 1. The Balaban J connectivity index is 2.24. The highest BCUT2D eigenvalue weighted by atomic mass is 127. The summed E-state index contributed by atoms with van der Waals surface area (Å²) in [5.41, 5.74) is 3.08. The quantitative estimate of drug-likeness (QED) is 0.616. The van der Waals surface area contributed by atoms with Crippen LogP contribution in [0.25, 0.3) is 0 Å². The van der Waals surface area contributed by atoms with Gasteiger partial charge in [0.1, 0.15) is 5.03 Å². The number of halogens is 1. The van der Waals surface area contributed by atoms with Crippen LogP contribution in [-0.4, -0.2) is 16.1 Å². The highest BCUT2D eigenvalue weighted by Crippen LogP contribution is 2.27. The highest BCUT2D eigenvalue weighted by Gasteiger charge is 2.16. The number of hydrogen-bond donors (Lipinski definition) is 1. The summed E-state index contributed by atoms with van der Waals surface area (Å²) in [4.78, 5) is 15.7. The van der Waals surface area contributed by atoms with Gasteiger partial charge in [-0.2, -0.15) is 0 Å². The van der Waals surface area contributed by atoms with Crippen LogP contribution in [0.1, 0.15) is 27.2 Å². The molecule has 0 atom stereocenters. The van der Waals surface area contributed by atoms with E-state index < -0.39 is 5.97 Å². The minimum atomic E-state index is -0.917. The summed E-state index contributed by atoms with van der Waals surface area (Å²) in [7, 11) is 0. The zero-order valence-electron chi connectivity index (χ0n) is 11.2. The number of hydrogen-bond acceptors (Lipinski definition) is 3. The zero-order valence-corrected chi connectivity index (χ0v) is 14.2. The first-order valence-electron chi connectivity index (χ1n) is 6.06. The van der Waals surface area contributed by atoms with Crippen LogP contribution in [0, 0.1) is 17.4 Å². The first-order valence-corrected chi connectivity index (χ1v) is 8.12. The lowest BCUT2D eigenvalue weighted by atomic mass is 10.1. The van der Waals surface area contributed by atoms with Gasteiger partial charge in [0, 0.05) is 15.0 Å². The molecule has 0 radical (unpaired) electrons. The van der Waals surface area contributed by atoms with Gasteiger partial charge < -0.3 is 5.11 Å². The van der Waals surface area contributed by atoms with Crippen molar-refractivity contribution in [3.8, 4) is 0 Å². The van der Waals surface area contributed by atoms with Gasteiger partial charge in [-0.05, 0) is 65.8 Å². The maximum Gasteiger partial charge on any atom is 0.338 e. The number of aromatic nitrogens is 1. The van der Waals surface area contributed by atoms with E-state index in [1.165, 1.54) is 15.3 Å². The molecule has 5 heteroatoms. The van der Waals surface area contributed by atoms with Gasteiger partial charge >= 0.3 is 5.97 Å². The Labute approximate surface area is 136 Å². The lowest BCUT2D eigenvalue weighted by Gasteiger charge is -2.09. The molecule has 0 aliphatic heterocycles. The SMILES string of the molecule is Cc1cc(C)c(C(=O)O)c(SCc2ccc(I)cc2)n1. The number of aromatic carboxylic acids is 1. The van der Waals surface area contributed by atoms with E-state index in [4.69, 9.17) is 0 Å². The minimum absolute atomic E-state index is 0.311. The Hall–Kier alpha value is -1.08. The second-order valence-corrected chi connectivity index (χ2v) is 6.69. The molecule has 0 spiro atoms. The van der Waals surface area contributed by atoms with E-state index in [9.17, 15) is 9.90 Å². The fraction of sp³-hybridized carbons (Fsp3) is 0.200. The van der Waals surface area contributed by atoms with Crippen molar-refractivity contribution >= 4 is 40.3 Å². The van der Waals surface area contributed by atoms with Crippen molar-refractivity contribution in [1.29, 1.82) is 0 Å². The van der Waals surface area contributed by atoms with Gasteiger partial charge in [-0.1, -0.05) is 12.1 Å². The largest absolute Gasteiger partial charge is 0.478 e. The second-order valence-electron chi connectivity index (χ2n) is 4.48.